The molecule has 1 aromatic carbocycles. The number of aromatic nitrogens is 1. The molecule has 3 nitrogen and oxygen atoms in total. The molecule has 20 heavy (non-hydrogen) atoms. The first-order valence-electron chi connectivity index (χ1n) is 5.52. The van der Waals surface area contributed by atoms with Crippen LogP contribution in [0.1, 0.15) is 0 Å². The fraction of sp³-hybridized carbons (Fsp3) is 0. The van der Waals surface area contributed by atoms with Crippen LogP contribution >= 0.6 is 50.5 Å². The molecule has 0 spiro atoms. The van der Waals surface area contributed by atoms with Gasteiger partial charge in [-0.15, -0.1) is 11.3 Å². The van der Waals surface area contributed by atoms with E-state index in [0.717, 1.165) is 14.2 Å². The topological polar surface area (TPSA) is 52.0 Å². The van der Waals surface area contributed by atoms with Crippen molar-refractivity contribution >= 4 is 56.4 Å². The molecule has 102 valence electrons. The van der Waals surface area contributed by atoms with Gasteiger partial charge in [0, 0.05) is 10.6 Å². The monoisotopic (exact) mass is 388 g/mol. The summed E-state index contributed by atoms with van der Waals surface area (Å²) in [7, 11) is 0. The van der Waals surface area contributed by atoms with Gasteiger partial charge in [-0.25, -0.2) is 0 Å². The highest BCUT2D eigenvalue weighted by atomic mass is 79.9. The highest BCUT2D eigenvalue weighted by Crippen LogP contribution is 2.42. The molecule has 0 aliphatic heterocycles. The number of hydrogen-bond donors (Lipinski definition) is 1. The second-order valence-corrected chi connectivity index (χ2v) is 7.31. The van der Waals surface area contributed by atoms with E-state index in [-0.39, 0.29) is 5.88 Å². The molecule has 2 aromatic heterocycles. The fourth-order valence-corrected chi connectivity index (χ4v) is 3.74. The van der Waals surface area contributed by atoms with Gasteiger partial charge in [-0.3, -0.25) is 0 Å². The Morgan fingerprint density at radius 3 is 2.65 bits per heavy atom. The zero-order chi connectivity index (χ0) is 14.3. The molecule has 7 heteroatoms. The normalized spacial score (nSPS) is 10.9. The molecule has 2 N–H and O–H groups in total. The van der Waals surface area contributed by atoms with Crippen LogP contribution in [0.4, 0.5) is 5.88 Å². The Kier molecular flexibility index (Phi) is 3.77. The number of hydrogen-bond acceptors (Lipinski definition) is 4. The number of nitrogens with zero attached hydrogens (tertiary/aromatic N) is 1. The maximum Gasteiger partial charge on any atom is 0.230 e. The van der Waals surface area contributed by atoms with E-state index in [1.807, 2.05) is 12.1 Å². The van der Waals surface area contributed by atoms with Crippen molar-refractivity contribution in [2.24, 2.45) is 0 Å². The molecular formula is C13H7BrCl2N2OS. The Hall–Kier alpha value is -1.01. The summed E-state index contributed by atoms with van der Waals surface area (Å²) in [6.45, 7) is 0. The summed E-state index contributed by atoms with van der Waals surface area (Å²) in [4.78, 5) is 0.943. The fourth-order valence-electron chi connectivity index (χ4n) is 1.87. The highest BCUT2D eigenvalue weighted by Gasteiger charge is 2.20. The molecule has 0 aliphatic carbocycles. The van der Waals surface area contributed by atoms with Crippen molar-refractivity contribution in [3.63, 3.8) is 0 Å². The Labute approximate surface area is 137 Å². The summed E-state index contributed by atoms with van der Waals surface area (Å²) >= 11 is 17.1. The van der Waals surface area contributed by atoms with Gasteiger partial charge in [0.15, 0.2) is 0 Å². The average molecular weight is 390 g/mol. The van der Waals surface area contributed by atoms with E-state index in [0.29, 0.717) is 21.3 Å². The van der Waals surface area contributed by atoms with Crippen molar-refractivity contribution in [3.8, 4) is 21.7 Å². The van der Waals surface area contributed by atoms with Crippen molar-refractivity contribution in [2.75, 3.05) is 5.73 Å². The molecule has 3 aromatic rings. The van der Waals surface area contributed by atoms with Gasteiger partial charge in [-0.05, 0) is 40.2 Å². The number of anilines is 1. The minimum Gasteiger partial charge on any atom is -0.367 e. The average Bonchev–Trinajstić information content (AvgIpc) is 2.96. The van der Waals surface area contributed by atoms with Crippen molar-refractivity contribution in [3.05, 3.63) is 44.2 Å². The van der Waals surface area contributed by atoms with Gasteiger partial charge in [0.2, 0.25) is 5.88 Å². The number of halogens is 3. The van der Waals surface area contributed by atoms with E-state index >= 15 is 0 Å². The van der Waals surface area contributed by atoms with Crippen LogP contribution in [-0.4, -0.2) is 5.16 Å². The van der Waals surface area contributed by atoms with Gasteiger partial charge >= 0.3 is 0 Å². The van der Waals surface area contributed by atoms with E-state index < -0.39 is 0 Å². The number of thiophene rings is 1. The minimum atomic E-state index is 0.230. The van der Waals surface area contributed by atoms with E-state index in [9.17, 15) is 0 Å². The maximum atomic E-state index is 6.24. The molecule has 2 heterocycles. The molecular weight excluding hydrogens is 383 g/mol. The summed E-state index contributed by atoms with van der Waals surface area (Å²) in [5, 5.41) is 5.11. The molecule has 0 amide bonds. The van der Waals surface area contributed by atoms with Crippen LogP contribution in [0.2, 0.25) is 10.0 Å². The van der Waals surface area contributed by atoms with Crippen LogP contribution in [0.3, 0.4) is 0 Å². The lowest BCUT2D eigenvalue weighted by Crippen LogP contribution is -1.88. The van der Waals surface area contributed by atoms with Crippen LogP contribution in [0.5, 0.6) is 0 Å². The molecule has 0 saturated heterocycles. The second-order valence-electron chi connectivity index (χ2n) is 4.00. The van der Waals surface area contributed by atoms with Gasteiger partial charge < -0.3 is 10.3 Å². The molecule has 0 radical (unpaired) electrons. The lowest BCUT2D eigenvalue weighted by Gasteiger charge is -2.04. The van der Waals surface area contributed by atoms with E-state index in [4.69, 9.17) is 33.5 Å². The predicted molar refractivity (Wildman–Crippen MR) is 87.4 cm³/mol. The van der Waals surface area contributed by atoms with Gasteiger partial charge in [0.05, 0.1) is 19.2 Å². The molecule has 0 unspecified atom stereocenters. The Morgan fingerprint density at radius 1 is 1.20 bits per heavy atom. The lowest BCUT2D eigenvalue weighted by molar-refractivity contribution is 0.439. The Morgan fingerprint density at radius 2 is 2.00 bits per heavy atom. The molecule has 0 fully saturated rings. The summed E-state index contributed by atoms with van der Waals surface area (Å²) < 4.78 is 6.13. The quantitative estimate of drug-likeness (QED) is 0.609. The van der Waals surface area contributed by atoms with Gasteiger partial charge in [0.1, 0.15) is 5.69 Å². The minimum absolute atomic E-state index is 0.230. The lowest BCUT2D eigenvalue weighted by atomic mass is 10.0. The van der Waals surface area contributed by atoms with E-state index in [2.05, 4.69) is 21.1 Å². The number of benzene rings is 1. The van der Waals surface area contributed by atoms with Crippen LogP contribution in [0.25, 0.3) is 21.7 Å². The Bertz CT molecular complexity index is 785. The van der Waals surface area contributed by atoms with Crippen LogP contribution in [-0.2, 0) is 0 Å². The highest BCUT2D eigenvalue weighted by molar-refractivity contribution is 9.11. The first-order valence-corrected chi connectivity index (χ1v) is 7.89. The largest absolute Gasteiger partial charge is 0.367 e. The van der Waals surface area contributed by atoms with Gasteiger partial charge in [-0.1, -0.05) is 34.4 Å². The summed E-state index contributed by atoms with van der Waals surface area (Å²) in [6.07, 6.45) is 0. The van der Waals surface area contributed by atoms with Gasteiger partial charge in [0.25, 0.3) is 0 Å². The second kappa shape index (κ2) is 5.41. The van der Waals surface area contributed by atoms with Crippen molar-refractivity contribution in [1.82, 2.24) is 5.16 Å². The SMILES string of the molecule is Nc1onc(-c2ccc(Br)s2)c1-c1ccc(Cl)cc1Cl. The Balaban J connectivity index is 2.21. The number of rotatable bonds is 2. The first-order chi connectivity index (χ1) is 9.56. The van der Waals surface area contributed by atoms with Crippen LogP contribution in [0, 0.1) is 0 Å². The molecule has 0 atom stereocenters. The molecule has 0 saturated carbocycles. The third-order valence-corrected chi connectivity index (χ3v) is 4.90. The van der Waals surface area contributed by atoms with Gasteiger partial charge in [-0.2, -0.15) is 0 Å². The van der Waals surface area contributed by atoms with Crippen molar-refractivity contribution in [1.29, 1.82) is 0 Å². The summed E-state index contributed by atoms with van der Waals surface area (Å²) in [5.41, 5.74) is 7.99. The van der Waals surface area contributed by atoms with Crippen molar-refractivity contribution < 1.29 is 4.52 Å². The zero-order valence-electron chi connectivity index (χ0n) is 9.86. The summed E-state index contributed by atoms with van der Waals surface area (Å²) in [5.74, 6) is 0.230. The number of nitrogens with two attached hydrogens (primary N) is 1. The van der Waals surface area contributed by atoms with E-state index in [1.54, 1.807) is 29.5 Å². The van der Waals surface area contributed by atoms with Crippen LogP contribution in [0.15, 0.2) is 38.6 Å². The standard InChI is InChI=1S/C13H7BrCl2N2OS/c14-10-4-3-9(20-10)12-11(13(17)19-18-12)7-2-1-6(15)5-8(7)16/h1-5H,17H2. The maximum absolute atomic E-state index is 6.24. The molecule has 0 aliphatic rings. The number of nitrogen functional groups attached to an aromatic ring is 1. The third kappa shape index (κ3) is 2.46. The zero-order valence-corrected chi connectivity index (χ0v) is 13.8. The molecule has 3 rings (SSSR count). The van der Waals surface area contributed by atoms with E-state index in [1.165, 1.54) is 0 Å². The van der Waals surface area contributed by atoms with Crippen molar-refractivity contribution in [2.45, 2.75) is 0 Å². The third-order valence-electron chi connectivity index (χ3n) is 2.73. The predicted octanol–water partition coefficient (Wildman–Crippen LogP) is 5.72. The molecule has 0 bridgehead atoms. The smallest absolute Gasteiger partial charge is 0.230 e. The van der Waals surface area contributed by atoms with Crippen LogP contribution < -0.4 is 5.73 Å². The summed E-state index contributed by atoms with van der Waals surface area (Å²) in [6, 6.07) is 9.11. The first kappa shape index (κ1) is 13.9.